The van der Waals surface area contributed by atoms with Gasteiger partial charge in [0.15, 0.2) is 5.75 Å². The predicted molar refractivity (Wildman–Crippen MR) is 87.5 cm³/mol. The van der Waals surface area contributed by atoms with E-state index < -0.39 is 0 Å². The van der Waals surface area contributed by atoms with Crippen LogP contribution in [-0.2, 0) is 6.54 Å². The molecule has 1 atom stereocenters. The maximum atomic E-state index is 6.46. The third-order valence-electron chi connectivity index (χ3n) is 3.36. The standard InChI is InChI=1S/C15H21BrN4O/c1-19(2)8-9-20-15(13(21-3)10-18-20)14(17)11-6-4-5-7-12(11)16/h4-7,10,14H,8-9,17H2,1-3H3. The zero-order valence-corrected chi connectivity index (χ0v) is 14.2. The van der Waals surface area contributed by atoms with E-state index in [4.69, 9.17) is 10.5 Å². The zero-order chi connectivity index (χ0) is 15.4. The first-order valence-electron chi connectivity index (χ1n) is 6.79. The van der Waals surface area contributed by atoms with Crippen LogP contribution in [0.25, 0.3) is 0 Å². The maximum absolute atomic E-state index is 6.46. The number of ether oxygens (including phenoxy) is 1. The van der Waals surface area contributed by atoms with Crippen molar-refractivity contribution in [3.8, 4) is 5.75 Å². The predicted octanol–water partition coefficient (Wildman–Crippen LogP) is 2.26. The lowest BCUT2D eigenvalue weighted by Gasteiger charge is -2.18. The molecule has 0 amide bonds. The van der Waals surface area contributed by atoms with Crippen LogP contribution in [0.2, 0.25) is 0 Å². The lowest BCUT2D eigenvalue weighted by Crippen LogP contribution is -2.24. The Bertz CT molecular complexity index is 597. The summed E-state index contributed by atoms with van der Waals surface area (Å²) in [5.41, 5.74) is 8.37. The molecule has 21 heavy (non-hydrogen) atoms. The number of likely N-dealkylation sites (N-methyl/N-ethyl adjacent to an activating group) is 1. The lowest BCUT2D eigenvalue weighted by molar-refractivity contribution is 0.363. The van der Waals surface area contributed by atoms with Crippen LogP contribution in [0, 0.1) is 0 Å². The van der Waals surface area contributed by atoms with E-state index in [0.29, 0.717) is 0 Å². The number of benzene rings is 1. The summed E-state index contributed by atoms with van der Waals surface area (Å²) in [4.78, 5) is 2.11. The van der Waals surface area contributed by atoms with Gasteiger partial charge in [0, 0.05) is 11.0 Å². The van der Waals surface area contributed by atoms with Crippen molar-refractivity contribution in [1.29, 1.82) is 0 Å². The van der Waals surface area contributed by atoms with Crippen molar-refractivity contribution in [3.05, 3.63) is 46.2 Å². The van der Waals surface area contributed by atoms with Gasteiger partial charge >= 0.3 is 0 Å². The van der Waals surface area contributed by atoms with Crippen LogP contribution in [-0.4, -0.2) is 42.4 Å². The summed E-state index contributed by atoms with van der Waals surface area (Å²) in [6, 6.07) is 7.66. The number of methoxy groups -OCH3 is 1. The molecule has 5 nitrogen and oxygen atoms in total. The molecule has 0 fully saturated rings. The van der Waals surface area contributed by atoms with Gasteiger partial charge in [-0.25, -0.2) is 0 Å². The zero-order valence-electron chi connectivity index (χ0n) is 12.6. The Morgan fingerprint density at radius 2 is 2.10 bits per heavy atom. The molecule has 2 aromatic rings. The number of nitrogens with two attached hydrogens (primary N) is 1. The smallest absolute Gasteiger partial charge is 0.161 e. The van der Waals surface area contributed by atoms with Crippen molar-refractivity contribution in [2.24, 2.45) is 5.73 Å². The molecular weight excluding hydrogens is 332 g/mol. The minimum atomic E-state index is -0.291. The summed E-state index contributed by atoms with van der Waals surface area (Å²) < 4.78 is 8.33. The van der Waals surface area contributed by atoms with Crippen LogP contribution in [0.3, 0.4) is 0 Å². The molecule has 0 aliphatic heterocycles. The molecule has 0 spiro atoms. The average Bonchev–Trinajstić information content (AvgIpc) is 2.87. The van der Waals surface area contributed by atoms with Crippen LogP contribution in [0.5, 0.6) is 5.75 Å². The third-order valence-corrected chi connectivity index (χ3v) is 4.08. The second-order valence-electron chi connectivity index (χ2n) is 5.12. The van der Waals surface area contributed by atoms with E-state index in [-0.39, 0.29) is 6.04 Å². The third kappa shape index (κ3) is 3.64. The van der Waals surface area contributed by atoms with Gasteiger partial charge in [-0.3, -0.25) is 4.68 Å². The highest BCUT2D eigenvalue weighted by Crippen LogP contribution is 2.31. The molecule has 1 unspecified atom stereocenters. The van der Waals surface area contributed by atoms with Gasteiger partial charge in [-0.05, 0) is 25.7 Å². The van der Waals surface area contributed by atoms with Gasteiger partial charge in [0.1, 0.15) is 5.69 Å². The molecule has 6 heteroatoms. The molecule has 1 aromatic heterocycles. The Morgan fingerprint density at radius 1 is 1.38 bits per heavy atom. The summed E-state index contributed by atoms with van der Waals surface area (Å²) in [5.74, 6) is 0.719. The molecule has 2 rings (SSSR count). The minimum Gasteiger partial charge on any atom is -0.493 e. The first kappa shape index (κ1) is 16.0. The fourth-order valence-corrected chi connectivity index (χ4v) is 2.73. The second-order valence-corrected chi connectivity index (χ2v) is 5.98. The Hall–Kier alpha value is -1.37. The highest BCUT2D eigenvalue weighted by Gasteiger charge is 2.21. The van der Waals surface area contributed by atoms with Crippen molar-refractivity contribution < 1.29 is 4.74 Å². The van der Waals surface area contributed by atoms with E-state index in [9.17, 15) is 0 Å². The van der Waals surface area contributed by atoms with Gasteiger partial charge < -0.3 is 15.4 Å². The summed E-state index contributed by atoms with van der Waals surface area (Å²) in [6.45, 7) is 1.66. The molecule has 0 bridgehead atoms. The quantitative estimate of drug-likeness (QED) is 0.866. The van der Waals surface area contributed by atoms with Gasteiger partial charge in [-0.2, -0.15) is 5.10 Å². The van der Waals surface area contributed by atoms with Gasteiger partial charge in [0.2, 0.25) is 0 Å². The number of hydrogen-bond donors (Lipinski definition) is 1. The molecule has 2 N–H and O–H groups in total. The number of halogens is 1. The number of rotatable bonds is 6. The van der Waals surface area contributed by atoms with Gasteiger partial charge in [0.25, 0.3) is 0 Å². The van der Waals surface area contributed by atoms with Crippen molar-refractivity contribution in [3.63, 3.8) is 0 Å². The molecule has 0 radical (unpaired) electrons. The summed E-state index contributed by atoms with van der Waals surface area (Å²) in [7, 11) is 5.71. The van der Waals surface area contributed by atoms with Gasteiger partial charge in [0.05, 0.1) is 25.9 Å². The fraction of sp³-hybridized carbons (Fsp3) is 0.400. The van der Waals surface area contributed by atoms with E-state index in [2.05, 4.69) is 25.9 Å². The van der Waals surface area contributed by atoms with Crippen molar-refractivity contribution in [1.82, 2.24) is 14.7 Å². The summed E-state index contributed by atoms with van der Waals surface area (Å²) in [6.07, 6.45) is 1.72. The van der Waals surface area contributed by atoms with E-state index in [1.807, 2.05) is 43.0 Å². The molecule has 0 saturated heterocycles. The molecule has 0 aliphatic carbocycles. The van der Waals surface area contributed by atoms with Crippen molar-refractivity contribution >= 4 is 15.9 Å². The number of aromatic nitrogens is 2. The van der Waals surface area contributed by atoms with E-state index in [1.54, 1.807) is 13.3 Å². The van der Waals surface area contributed by atoms with Crippen LogP contribution in [0.1, 0.15) is 17.3 Å². The second kappa shape index (κ2) is 7.06. The van der Waals surface area contributed by atoms with Crippen LogP contribution < -0.4 is 10.5 Å². The lowest BCUT2D eigenvalue weighted by atomic mass is 10.0. The minimum absolute atomic E-state index is 0.291. The van der Waals surface area contributed by atoms with E-state index in [1.165, 1.54) is 0 Å². The first-order chi connectivity index (χ1) is 10.0. The number of hydrogen-bond acceptors (Lipinski definition) is 4. The topological polar surface area (TPSA) is 56.3 Å². The molecule has 114 valence electrons. The van der Waals surface area contributed by atoms with Crippen molar-refractivity contribution in [2.45, 2.75) is 12.6 Å². The maximum Gasteiger partial charge on any atom is 0.161 e. The molecular formula is C15H21BrN4O. The highest BCUT2D eigenvalue weighted by atomic mass is 79.9. The normalized spacial score (nSPS) is 12.7. The fourth-order valence-electron chi connectivity index (χ4n) is 2.20. The van der Waals surface area contributed by atoms with E-state index in [0.717, 1.165) is 34.6 Å². The number of nitrogens with zero attached hydrogens (tertiary/aromatic N) is 3. The Labute approximate surface area is 133 Å². The van der Waals surface area contributed by atoms with E-state index >= 15 is 0 Å². The largest absolute Gasteiger partial charge is 0.493 e. The van der Waals surface area contributed by atoms with Crippen molar-refractivity contribution in [2.75, 3.05) is 27.7 Å². The van der Waals surface area contributed by atoms with Gasteiger partial charge in [-0.15, -0.1) is 0 Å². The van der Waals surface area contributed by atoms with Crippen LogP contribution >= 0.6 is 15.9 Å². The summed E-state index contributed by atoms with van der Waals surface area (Å²) >= 11 is 3.56. The Kier molecular flexibility index (Phi) is 5.39. The SMILES string of the molecule is COc1cnn(CCN(C)C)c1C(N)c1ccccc1Br. The average molecular weight is 353 g/mol. The molecule has 0 saturated carbocycles. The molecule has 0 aliphatic rings. The van der Waals surface area contributed by atoms with Crippen LogP contribution in [0.4, 0.5) is 0 Å². The Morgan fingerprint density at radius 3 is 2.71 bits per heavy atom. The van der Waals surface area contributed by atoms with Crippen LogP contribution in [0.15, 0.2) is 34.9 Å². The summed E-state index contributed by atoms with van der Waals surface area (Å²) in [5, 5.41) is 4.40. The Balaban J connectivity index is 2.36. The highest BCUT2D eigenvalue weighted by molar-refractivity contribution is 9.10. The monoisotopic (exact) mass is 352 g/mol. The molecule has 1 aromatic carbocycles. The van der Waals surface area contributed by atoms with Gasteiger partial charge in [-0.1, -0.05) is 34.1 Å². The first-order valence-corrected chi connectivity index (χ1v) is 7.58. The molecule has 1 heterocycles.